The van der Waals surface area contributed by atoms with Crippen LogP contribution in [0.2, 0.25) is 0 Å². The van der Waals surface area contributed by atoms with Crippen molar-refractivity contribution in [2.75, 3.05) is 20.8 Å². The van der Waals surface area contributed by atoms with Crippen LogP contribution in [-0.2, 0) is 9.53 Å². The minimum absolute atomic E-state index is 0.188. The van der Waals surface area contributed by atoms with E-state index in [4.69, 9.17) is 23.6 Å². The number of esters is 1. The van der Waals surface area contributed by atoms with Gasteiger partial charge in [0.15, 0.2) is 4.80 Å². The number of methoxy groups -OCH3 is 2. The normalized spacial score (nSPS) is 15.0. The highest BCUT2D eigenvalue weighted by molar-refractivity contribution is 9.10. The van der Waals surface area contributed by atoms with Gasteiger partial charge in [0.2, 0.25) is 0 Å². The molecule has 41 heavy (non-hydrogen) atoms. The van der Waals surface area contributed by atoms with Crippen molar-refractivity contribution in [2.24, 2.45) is 4.99 Å². The molecule has 1 aliphatic heterocycles. The summed E-state index contributed by atoms with van der Waals surface area (Å²) in [5, 5.41) is 0. The molecule has 0 saturated heterocycles. The molecule has 4 aromatic rings. The van der Waals surface area contributed by atoms with Gasteiger partial charge >= 0.3 is 5.97 Å². The summed E-state index contributed by atoms with van der Waals surface area (Å²) in [6, 6.07) is 16.0. The number of aromatic nitrogens is 1. The number of nitrogens with zero attached hydrogens (tertiary/aromatic N) is 2. The third-order valence-electron chi connectivity index (χ3n) is 6.65. The summed E-state index contributed by atoms with van der Waals surface area (Å²) in [7, 11) is 3.11. The van der Waals surface area contributed by atoms with Crippen LogP contribution in [0.1, 0.15) is 44.1 Å². The zero-order chi connectivity index (χ0) is 29.1. The summed E-state index contributed by atoms with van der Waals surface area (Å²) in [4.78, 5) is 32.8. The lowest BCUT2D eigenvalue weighted by Crippen LogP contribution is -2.40. The molecule has 0 bridgehead atoms. The van der Waals surface area contributed by atoms with E-state index < -0.39 is 12.0 Å². The van der Waals surface area contributed by atoms with E-state index in [1.165, 1.54) is 15.9 Å². The van der Waals surface area contributed by atoms with Crippen molar-refractivity contribution in [1.29, 1.82) is 0 Å². The van der Waals surface area contributed by atoms with Crippen molar-refractivity contribution < 1.29 is 23.4 Å². The monoisotopic (exact) mass is 636 g/mol. The summed E-state index contributed by atoms with van der Waals surface area (Å²) >= 11 is 4.69. The first-order valence-corrected chi connectivity index (χ1v) is 14.8. The minimum atomic E-state index is -0.825. The van der Waals surface area contributed by atoms with Gasteiger partial charge in [0.25, 0.3) is 5.56 Å². The van der Waals surface area contributed by atoms with Crippen LogP contribution < -0.4 is 24.4 Å². The second-order valence-electron chi connectivity index (χ2n) is 9.23. The number of carbonyl (C=O) groups excluding carboxylic acids is 1. The molecule has 1 atom stereocenters. The lowest BCUT2D eigenvalue weighted by molar-refractivity contribution is -0.139. The first-order chi connectivity index (χ1) is 19.9. The quantitative estimate of drug-likeness (QED) is 0.222. The van der Waals surface area contributed by atoms with Crippen molar-refractivity contribution in [3.05, 3.63) is 101 Å². The highest BCUT2D eigenvalue weighted by Crippen LogP contribution is 2.38. The standard InChI is InChI=1S/C31H29BrN2O6S/c1-5-7-23-27(30(36)39-6-2)28(22-16-20(37-3)12-15-25(22)38-4)34-29(35)26(41-31(34)33-23)17-21-13-14-24(40-21)18-8-10-19(32)11-9-18/h8-17,28H,5-7H2,1-4H3/b26-17-/t28-/m0/s1. The van der Waals surface area contributed by atoms with Crippen LogP contribution in [-0.4, -0.2) is 31.4 Å². The Hall–Kier alpha value is -3.89. The average Bonchev–Trinajstić information content (AvgIpc) is 3.56. The molecule has 5 rings (SSSR count). The SMILES string of the molecule is CCCC1=C(C(=O)OCC)[C@H](c2cc(OC)ccc2OC)n2c(s/c(=C\c3ccc(-c4ccc(Br)cc4)o3)c2=O)=N1. The van der Waals surface area contributed by atoms with Crippen molar-refractivity contribution in [2.45, 2.75) is 32.7 Å². The second-order valence-corrected chi connectivity index (χ2v) is 11.2. The molecule has 0 N–H and O–H groups in total. The summed E-state index contributed by atoms with van der Waals surface area (Å²) < 4.78 is 25.7. The van der Waals surface area contributed by atoms with Crippen LogP contribution in [0, 0.1) is 0 Å². The molecule has 0 amide bonds. The highest BCUT2D eigenvalue weighted by Gasteiger charge is 2.36. The van der Waals surface area contributed by atoms with Gasteiger partial charge < -0.3 is 18.6 Å². The Morgan fingerprint density at radius 2 is 1.88 bits per heavy atom. The van der Waals surface area contributed by atoms with E-state index in [9.17, 15) is 9.59 Å². The first kappa shape index (κ1) is 28.6. The Balaban J connectivity index is 1.72. The lowest BCUT2D eigenvalue weighted by Gasteiger charge is -2.27. The van der Waals surface area contributed by atoms with E-state index >= 15 is 0 Å². The van der Waals surface area contributed by atoms with Crippen LogP contribution in [0.5, 0.6) is 11.5 Å². The minimum Gasteiger partial charge on any atom is -0.497 e. The molecule has 0 spiro atoms. The van der Waals surface area contributed by atoms with E-state index in [2.05, 4.69) is 15.9 Å². The largest absolute Gasteiger partial charge is 0.497 e. The van der Waals surface area contributed by atoms with Gasteiger partial charge in [0, 0.05) is 21.7 Å². The highest BCUT2D eigenvalue weighted by atomic mass is 79.9. The zero-order valence-electron chi connectivity index (χ0n) is 23.1. The number of ether oxygens (including phenoxy) is 3. The maximum Gasteiger partial charge on any atom is 0.338 e. The zero-order valence-corrected chi connectivity index (χ0v) is 25.5. The number of thiazole rings is 1. The van der Waals surface area contributed by atoms with E-state index in [0.29, 0.717) is 55.6 Å². The Labute approximate surface area is 249 Å². The number of hydrogen-bond acceptors (Lipinski definition) is 8. The second kappa shape index (κ2) is 12.3. The van der Waals surface area contributed by atoms with Crippen molar-refractivity contribution in [1.82, 2.24) is 4.57 Å². The average molecular weight is 638 g/mol. The molecule has 0 fully saturated rings. The van der Waals surface area contributed by atoms with Crippen molar-refractivity contribution in [3.8, 4) is 22.8 Å². The van der Waals surface area contributed by atoms with Crippen LogP contribution in [0.4, 0.5) is 0 Å². The number of rotatable bonds is 9. The number of allylic oxidation sites excluding steroid dienone is 1. The summed E-state index contributed by atoms with van der Waals surface area (Å²) in [5.41, 5.74) is 2.12. The van der Waals surface area contributed by atoms with Crippen LogP contribution in [0.25, 0.3) is 17.4 Å². The van der Waals surface area contributed by atoms with Gasteiger partial charge in [-0.1, -0.05) is 52.7 Å². The Bertz CT molecular complexity index is 1800. The molecule has 0 unspecified atom stereocenters. The van der Waals surface area contributed by atoms with Crippen molar-refractivity contribution in [3.63, 3.8) is 0 Å². The number of fused-ring (bicyclic) bond motifs is 1. The molecule has 2 aromatic heterocycles. The van der Waals surface area contributed by atoms with Gasteiger partial charge in [-0.25, -0.2) is 9.79 Å². The molecular weight excluding hydrogens is 608 g/mol. The van der Waals surface area contributed by atoms with E-state index in [-0.39, 0.29) is 12.2 Å². The molecular formula is C31H29BrN2O6S. The van der Waals surface area contributed by atoms with E-state index in [1.54, 1.807) is 45.4 Å². The molecule has 1 aliphatic rings. The molecule has 8 nitrogen and oxygen atoms in total. The van der Waals surface area contributed by atoms with E-state index in [1.807, 2.05) is 43.3 Å². The fourth-order valence-corrected chi connectivity index (χ4v) is 6.06. The summed E-state index contributed by atoms with van der Waals surface area (Å²) in [6.07, 6.45) is 3.00. The van der Waals surface area contributed by atoms with Gasteiger partial charge in [0.05, 0.1) is 36.6 Å². The molecule has 0 radical (unpaired) electrons. The van der Waals surface area contributed by atoms with Crippen molar-refractivity contribution >= 4 is 39.3 Å². The molecule has 212 valence electrons. The van der Waals surface area contributed by atoms with Gasteiger partial charge in [-0.15, -0.1) is 0 Å². The predicted molar refractivity (Wildman–Crippen MR) is 161 cm³/mol. The first-order valence-electron chi connectivity index (χ1n) is 13.2. The Morgan fingerprint density at radius 3 is 2.56 bits per heavy atom. The van der Waals surface area contributed by atoms with Crippen LogP contribution >= 0.6 is 27.3 Å². The summed E-state index contributed by atoms with van der Waals surface area (Å²) in [5.74, 6) is 1.77. The van der Waals surface area contributed by atoms with Gasteiger partial charge in [-0.05, 0) is 55.8 Å². The van der Waals surface area contributed by atoms with E-state index in [0.717, 1.165) is 16.5 Å². The third-order valence-corrected chi connectivity index (χ3v) is 8.16. The maximum atomic E-state index is 14.0. The third kappa shape index (κ3) is 5.67. The number of hydrogen-bond donors (Lipinski definition) is 0. The van der Waals surface area contributed by atoms with Crippen LogP contribution in [0.15, 0.2) is 84.5 Å². The summed E-state index contributed by atoms with van der Waals surface area (Å²) in [6.45, 7) is 3.95. The van der Waals surface area contributed by atoms with Gasteiger partial charge in [-0.3, -0.25) is 9.36 Å². The Kier molecular flexibility index (Phi) is 8.60. The molecule has 0 saturated carbocycles. The fraction of sp³-hybridized carbons (Fsp3) is 0.258. The number of carbonyl (C=O) groups is 1. The molecule has 0 aliphatic carbocycles. The predicted octanol–water partition coefficient (Wildman–Crippen LogP) is 5.62. The number of halogens is 1. The van der Waals surface area contributed by atoms with Gasteiger partial charge in [-0.2, -0.15) is 0 Å². The van der Waals surface area contributed by atoms with Gasteiger partial charge in [0.1, 0.15) is 29.1 Å². The fourth-order valence-electron chi connectivity index (χ4n) is 4.80. The molecule has 3 heterocycles. The number of benzene rings is 2. The topological polar surface area (TPSA) is 92.3 Å². The smallest absolute Gasteiger partial charge is 0.338 e. The van der Waals surface area contributed by atoms with Crippen LogP contribution in [0.3, 0.4) is 0 Å². The Morgan fingerprint density at radius 1 is 1.10 bits per heavy atom. The lowest BCUT2D eigenvalue weighted by atomic mass is 9.93. The molecule has 10 heteroatoms. The number of furan rings is 1. The molecule has 2 aromatic carbocycles. The maximum absolute atomic E-state index is 14.0.